The molecule has 0 atom stereocenters. The van der Waals surface area contributed by atoms with Crippen LogP contribution in [0.25, 0.3) is 22.2 Å². The van der Waals surface area contributed by atoms with Crippen LogP contribution in [-0.2, 0) is 0 Å². The van der Waals surface area contributed by atoms with Gasteiger partial charge in [-0.05, 0) is 25.1 Å². The number of nitrogens with one attached hydrogen (secondary N) is 2. The van der Waals surface area contributed by atoms with Gasteiger partial charge in [-0.25, -0.2) is 9.78 Å². The lowest BCUT2D eigenvalue weighted by molar-refractivity contribution is 0.417. The molecule has 0 saturated heterocycles. The van der Waals surface area contributed by atoms with Crippen LogP contribution in [0.2, 0.25) is 0 Å². The van der Waals surface area contributed by atoms with E-state index in [9.17, 15) is 14.7 Å². The van der Waals surface area contributed by atoms with Gasteiger partial charge in [0.15, 0.2) is 5.65 Å². The van der Waals surface area contributed by atoms with Crippen LogP contribution in [0.1, 0.15) is 5.76 Å². The molecule has 0 saturated carbocycles. The number of methoxy groups -OCH3 is 1. The molecule has 0 amide bonds. The highest BCUT2D eigenvalue weighted by Crippen LogP contribution is 2.30. The summed E-state index contributed by atoms with van der Waals surface area (Å²) in [5.41, 5.74) is -0.534. The highest BCUT2D eigenvalue weighted by molar-refractivity contribution is 5.93. The van der Waals surface area contributed by atoms with E-state index < -0.39 is 11.2 Å². The number of fused-ring (bicyclic) bond motifs is 1. The minimum absolute atomic E-state index is 0.0597. The maximum absolute atomic E-state index is 12.8. The highest BCUT2D eigenvalue weighted by Gasteiger charge is 2.19. The van der Waals surface area contributed by atoms with E-state index in [-0.39, 0.29) is 39.6 Å². The quantitative estimate of drug-likeness (QED) is 0.483. The average molecular weight is 392 g/mol. The lowest BCUT2D eigenvalue weighted by Gasteiger charge is -2.11. The van der Waals surface area contributed by atoms with E-state index in [1.807, 2.05) is 6.07 Å². The van der Waals surface area contributed by atoms with Crippen LogP contribution < -0.4 is 21.2 Å². The fraction of sp³-hybridized carbons (Fsp3) is 0.100. The molecule has 4 aromatic rings. The number of para-hydroxylation sites is 2. The molecule has 0 spiro atoms. The van der Waals surface area contributed by atoms with Crippen LogP contribution in [0.4, 0.5) is 11.6 Å². The molecular weight excluding hydrogens is 376 g/mol. The minimum Gasteiger partial charge on any atom is -0.507 e. The van der Waals surface area contributed by atoms with E-state index in [2.05, 4.69) is 20.3 Å². The number of hydrogen-bond donors (Lipinski definition) is 3. The summed E-state index contributed by atoms with van der Waals surface area (Å²) in [4.78, 5) is 36.2. The van der Waals surface area contributed by atoms with Crippen molar-refractivity contribution in [1.29, 1.82) is 0 Å². The molecule has 9 nitrogen and oxygen atoms in total. The number of anilines is 2. The summed E-state index contributed by atoms with van der Waals surface area (Å²) in [6, 6.07) is 9.91. The van der Waals surface area contributed by atoms with E-state index in [1.165, 1.54) is 25.4 Å². The molecule has 4 rings (SSSR count). The Hall–Kier alpha value is -4.14. The predicted molar refractivity (Wildman–Crippen MR) is 107 cm³/mol. The van der Waals surface area contributed by atoms with Crippen molar-refractivity contribution in [3.05, 3.63) is 69.1 Å². The lowest BCUT2D eigenvalue weighted by Crippen LogP contribution is -2.14. The first-order valence-electron chi connectivity index (χ1n) is 8.61. The summed E-state index contributed by atoms with van der Waals surface area (Å²) in [6.45, 7) is 1.54. The molecule has 9 heteroatoms. The van der Waals surface area contributed by atoms with Gasteiger partial charge < -0.3 is 19.6 Å². The van der Waals surface area contributed by atoms with Crippen molar-refractivity contribution in [2.75, 3.05) is 12.4 Å². The Morgan fingerprint density at radius 1 is 1.21 bits per heavy atom. The maximum Gasteiger partial charge on any atom is 0.347 e. The summed E-state index contributed by atoms with van der Waals surface area (Å²) >= 11 is 0. The molecule has 0 radical (unpaired) electrons. The van der Waals surface area contributed by atoms with Crippen LogP contribution in [0.3, 0.4) is 0 Å². The zero-order valence-corrected chi connectivity index (χ0v) is 15.5. The standard InChI is InChI=1S/C20H16N4O5/c1-10-9-13(25)15(19(27)29-10)11-7-8-21-17-16(11)18(26)24-20(23-17)22-12-5-3-4-6-14(12)28-2/h3-9,25H,1-2H3,(H2,21,22,23,24,26). The highest BCUT2D eigenvalue weighted by atomic mass is 16.5. The van der Waals surface area contributed by atoms with E-state index in [0.717, 1.165) is 0 Å². The number of ether oxygens (including phenoxy) is 1. The molecule has 0 aliphatic heterocycles. The SMILES string of the molecule is COc1ccccc1Nc1nc2nccc(-c3c(O)cc(C)oc3=O)c2c(=O)[nH]1. The molecule has 3 aromatic heterocycles. The molecule has 0 aliphatic carbocycles. The molecular formula is C20H16N4O5. The van der Waals surface area contributed by atoms with Gasteiger partial charge in [-0.15, -0.1) is 0 Å². The second kappa shape index (κ2) is 7.12. The summed E-state index contributed by atoms with van der Waals surface area (Å²) in [5, 5.41) is 13.3. The Morgan fingerprint density at radius 3 is 2.76 bits per heavy atom. The van der Waals surface area contributed by atoms with Gasteiger partial charge in [-0.3, -0.25) is 9.78 Å². The number of hydrogen-bond acceptors (Lipinski definition) is 8. The van der Waals surface area contributed by atoms with E-state index in [4.69, 9.17) is 9.15 Å². The van der Waals surface area contributed by atoms with Crippen LogP contribution >= 0.6 is 0 Å². The molecule has 0 unspecified atom stereocenters. The van der Waals surface area contributed by atoms with Crippen molar-refractivity contribution in [3.63, 3.8) is 0 Å². The van der Waals surface area contributed by atoms with Gasteiger partial charge >= 0.3 is 5.63 Å². The van der Waals surface area contributed by atoms with Crippen molar-refractivity contribution in [2.24, 2.45) is 0 Å². The number of aromatic hydroxyl groups is 1. The maximum atomic E-state index is 12.8. The van der Waals surface area contributed by atoms with Crippen molar-refractivity contribution >= 4 is 22.7 Å². The Labute approximate surface area is 163 Å². The van der Waals surface area contributed by atoms with Gasteiger partial charge in [0.1, 0.15) is 22.8 Å². The number of rotatable bonds is 4. The summed E-state index contributed by atoms with van der Waals surface area (Å²) in [7, 11) is 1.53. The monoisotopic (exact) mass is 392 g/mol. The number of aryl methyl sites for hydroxylation is 1. The average Bonchev–Trinajstić information content (AvgIpc) is 2.67. The van der Waals surface area contributed by atoms with Crippen LogP contribution in [0.15, 0.2) is 56.6 Å². The van der Waals surface area contributed by atoms with Crippen molar-refractivity contribution < 1.29 is 14.3 Å². The Balaban J connectivity index is 1.88. The van der Waals surface area contributed by atoms with E-state index in [0.29, 0.717) is 11.4 Å². The number of aromatic nitrogens is 3. The number of pyridine rings is 1. The molecule has 0 aliphatic rings. The zero-order valence-electron chi connectivity index (χ0n) is 15.5. The topological polar surface area (TPSA) is 130 Å². The predicted octanol–water partition coefficient (Wildman–Crippen LogP) is 2.70. The van der Waals surface area contributed by atoms with Crippen molar-refractivity contribution in [2.45, 2.75) is 6.92 Å². The number of benzene rings is 1. The largest absolute Gasteiger partial charge is 0.507 e. The second-order valence-electron chi connectivity index (χ2n) is 6.20. The first-order valence-corrected chi connectivity index (χ1v) is 8.61. The number of H-pyrrole nitrogens is 1. The van der Waals surface area contributed by atoms with Gasteiger partial charge in [-0.1, -0.05) is 12.1 Å². The molecule has 0 fully saturated rings. The first kappa shape index (κ1) is 18.2. The fourth-order valence-electron chi connectivity index (χ4n) is 3.05. The second-order valence-corrected chi connectivity index (χ2v) is 6.20. The van der Waals surface area contributed by atoms with Gasteiger partial charge in [-0.2, -0.15) is 4.98 Å². The third kappa shape index (κ3) is 3.29. The summed E-state index contributed by atoms with van der Waals surface area (Å²) < 4.78 is 10.3. The fourth-order valence-corrected chi connectivity index (χ4v) is 3.05. The van der Waals surface area contributed by atoms with Crippen LogP contribution in [-0.4, -0.2) is 27.2 Å². The molecule has 3 heterocycles. The molecule has 3 N–H and O–H groups in total. The van der Waals surface area contributed by atoms with E-state index in [1.54, 1.807) is 25.1 Å². The molecule has 0 bridgehead atoms. The molecule has 29 heavy (non-hydrogen) atoms. The molecule has 146 valence electrons. The Bertz CT molecular complexity index is 1340. The third-order valence-electron chi connectivity index (χ3n) is 4.29. The summed E-state index contributed by atoms with van der Waals surface area (Å²) in [5.74, 6) is 0.683. The third-order valence-corrected chi connectivity index (χ3v) is 4.29. The Morgan fingerprint density at radius 2 is 2.00 bits per heavy atom. The summed E-state index contributed by atoms with van der Waals surface area (Å²) in [6.07, 6.45) is 1.40. The minimum atomic E-state index is -0.759. The van der Waals surface area contributed by atoms with Gasteiger partial charge in [0.25, 0.3) is 5.56 Å². The smallest absolute Gasteiger partial charge is 0.347 e. The number of aromatic amines is 1. The van der Waals surface area contributed by atoms with E-state index >= 15 is 0 Å². The van der Waals surface area contributed by atoms with Gasteiger partial charge in [0.2, 0.25) is 5.95 Å². The zero-order chi connectivity index (χ0) is 20.5. The van der Waals surface area contributed by atoms with Gasteiger partial charge in [0, 0.05) is 17.8 Å². The lowest BCUT2D eigenvalue weighted by atomic mass is 10.0. The van der Waals surface area contributed by atoms with Crippen molar-refractivity contribution in [1.82, 2.24) is 15.0 Å². The number of nitrogens with zero attached hydrogens (tertiary/aromatic N) is 2. The first-order chi connectivity index (χ1) is 14.0. The normalized spacial score (nSPS) is 10.8. The Kier molecular flexibility index (Phi) is 4.47. The van der Waals surface area contributed by atoms with Crippen LogP contribution in [0.5, 0.6) is 11.5 Å². The van der Waals surface area contributed by atoms with Crippen molar-refractivity contribution in [3.8, 4) is 22.6 Å². The van der Waals surface area contributed by atoms with Gasteiger partial charge in [0.05, 0.1) is 18.2 Å². The molecule has 1 aromatic carbocycles. The van der Waals surface area contributed by atoms with Crippen LogP contribution in [0, 0.1) is 6.92 Å².